The molecule has 34 heavy (non-hydrogen) atoms. The van der Waals surface area contributed by atoms with Crippen LogP contribution < -0.4 is 9.47 Å². The van der Waals surface area contributed by atoms with E-state index in [1.807, 2.05) is 61.5 Å². The van der Waals surface area contributed by atoms with Crippen molar-refractivity contribution in [2.45, 2.75) is 25.9 Å². The minimum Gasteiger partial charge on any atom is -0.507 e. The summed E-state index contributed by atoms with van der Waals surface area (Å²) < 4.78 is 11.1. The van der Waals surface area contributed by atoms with Gasteiger partial charge in [-0.25, -0.2) is 0 Å². The molecule has 1 N–H and O–H groups in total. The topological polar surface area (TPSA) is 76.1 Å². The quantitative estimate of drug-likeness (QED) is 0.289. The maximum atomic E-state index is 13.2. The number of hydrogen-bond donors (Lipinski definition) is 1. The summed E-state index contributed by atoms with van der Waals surface area (Å²) in [5.74, 6) is -0.403. The summed E-state index contributed by atoms with van der Waals surface area (Å²) in [7, 11) is 1.56. The molecule has 1 aliphatic heterocycles. The lowest BCUT2D eigenvalue weighted by molar-refractivity contribution is -0.140. The lowest BCUT2D eigenvalue weighted by atomic mass is 9.95. The summed E-state index contributed by atoms with van der Waals surface area (Å²) in [5.41, 5.74) is 1.97. The van der Waals surface area contributed by atoms with Crippen LogP contribution in [-0.4, -0.2) is 35.4 Å². The van der Waals surface area contributed by atoms with E-state index < -0.39 is 17.7 Å². The second kappa shape index (κ2) is 10.3. The molecule has 0 aliphatic carbocycles. The first-order valence-corrected chi connectivity index (χ1v) is 11.2. The van der Waals surface area contributed by atoms with Crippen LogP contribution in [0.5, 0.6) is 11.5 Å². The number of amides is 1. The molecule has 1 amide bonds. The van der Waals surface area contributed by atoms with E-state index in [2.05, 4.69) is 0 Å². The Morgan fingerprint density at radius 2 is 1.71 bits per heavy atom. The Kier molecular flexibility index (Phi) is 6.97. The van der Waals surface area contributed by atoms with E-state index in [1.54, 1.807) is 31.4 Å². The summed E-state index contributed by atoms with van der Waals surface area (Å²) >= 11 is 0. The molecular formula is C28H27NO5. The zero-order valence-corrected chi connectivity index (χ0v) is 19.2. The first-order valence-electron chi connectivity index (χ1n) is 11.2. The van der Waals surface area contributed by atoms with Gasteiger partial charge in [0, 0.05) is 11.1 Å². The minimum atomic E-state index is -0.744. The molecule has 1 unspecified atom stereocenters. The molecule has 0 saturated carbocycles. The normalized spacial score (nSPS) is 17.1. The van der Waals surface area contributed by atoms with Gasteiger partial charge in [0.2, 0.25) is 0 Å². The van der Waals surface area contributed by atoms with Gasteiger partial charge in [0.25, 0.3) is 11.7 Å². The molecule has 0 bridgehead atoms. The van der Waals surface area contributed by atoms with Gasteiger partial charge < -0.3 is 19.5 Å². The third-order valence-corrected chi connectivity index (χ3v) is 5.77. The van der Waals surface area contributed by atoms with E-state index in [4.69, 9.17) is 9.47 Å². The first kappa shape index (κ1) is 23.1. The Labute approximate surface area is 199 Å². The van der Waals surface area contributed by atoms with Gasteiger partial charge in [0.1, 0.15) is 17.3 Å². The molecule has 6 nitrogen and oxygen atoms in total. The average Bonchev–Trinajstić information content (AvgIpc) is 3.13. The van der Waals surface area contributed by atoms with Crippen LogP contribution in [0, 0.1) is 0 Å². The van der Waals surface area contributed by atoms with Gasteiger partial charge in [-0.2, -0.15) is 0 Å². The van der Waals surface area contributed by atoms with Crippen LogP contribution in [-0.2, 0) is 16.1 Å². The maximum absolute atomic E-state index is 13.2. The van der Waals surface area contributed by atoms with E-state index >= 15 is 0 Å². The number of methoxy groups -OCH3 is 1. The predicted octanol–water partition coefficient (Wildman–Crippen LogP) is 5.11. The van der Waals surface area contributed by atoms with Gasteiger partial charge in [-0.05, 0) is 30.2 Å². The third kappa shape index (κ3) is 4.53. The number of carbonyl (C=O) groups is 2. The Morgan fingerprint density at radius 3 is 2.44 bits per heavy atom. The summed E-state index contributed by atoms with van der Waals surface area (Å²) in [5, 5.41) is 11.3. The highest BCUT2D eigenvalue weighted by Gasteiger charge is 2.46. The van der Waals surface area contributed by atoms with Gasteiger partial charge >= 0.3 is 0 Å². The number of para-hydroxylation sites is 1. The first-order chi connectivity index (χ1) is 16.5. The summed E-state index contributed by atoms with van der Waals surface area (Å²) in [6.45, 7) is 2.70. The van der Waals surface area contributed by atoms with Crippen molar-refractivity contribution in [1.29, 1.82) is 0 Å². The number of aliphatic hydroxyl groups is 1. The van der Waals surface area contributed by atoms with Crippen molar-refractivity contribution in [3.63, 3.8) is 0 Å². The maximum Gasteiger partial charge on any atom is 0.295 e. The van der Waals surface area contributed by atoms with Crippen molar-refractivity contribution in [3.05, 3.63) is 101 Å². The second-order valence-electron chi connectivity index (χ2n) is 8.03. The van der Waals surface area contributed by atoms with Crippen LogP contribution in [0.15, 0.2) is 84.4 Å². The number of benzene rings is 3. The Hall–Kier alpha value is -4.06. The fraction of sp³-hybridized carbons (Fsp3) is 0.214. The van der Waals surface area contributed by atoms with Gasteiger partial charge in [-0.1, -0.05) is 67.6 Å². The standard InChI is InChI=1S/C28H27NO5/c1-3-16-34-22-14-9-13-20(17-22)26(30)24-25(19-10-5-4-6-11-19)29(28(32)27(24)31)18-21-12-7-8-15-23(21)33-2/h4-15,17,25,30H,3,16,18H2,1-2H3/b26-24-. The molecule has 1 heterocycles. The number of ketones is 1. The number of rotatable bonds is 8. The number of carbonyl (C=O) groups excluding carboxylic acids is 2. The lowest BCUT2D eigenvalue weighted by Crippen LogP contribution is -2.29. The van der Waals surface area contributed by atoms with Crippen molar-refractivity contribution >= 4 is 17.4 Å². The number of likely N-dealkylation sites (tertiary alicyclic amines) is 1. The smallest absolute Gasteiger partial charge is 0.295 e. The highest BCUT2D eigenvalue weighted by molar-refractivity contribution is 6.46. The summed E-state index contributed by atoms with van der Waals surface area (Å²) in [6.07, 6.45) is 0.846. The molecular weight excluding hydrogens is 430 g/mol. The number of nitrogens with zero attached hydrogens (tertiary/aromatic N) is 1. The third-order valence-electron chi connectivity index (χ3n) is 5.77. The van der Waals surface area contributed by atoms with E-state index in [0.29, 0.717) is 23.7 Å². The fourth-order valence-corrected chi connectivity index (χ4v) is 4.15. The van der Waals surface area contributed by atoms with Crippen molar-refractivity contribution in [2.24, 2.45) is 0 Å². The van der Waals surface area contributed by atoms with Crippen LogP contribution in [0.4, 0.5) is 0 Å². The molecule has 1 fully saturated rings. The van der Waals surface area contributed by atoms with Crippen molar-refractivity contribution in [3.8, 4) is 11.5 Å². The lowest BCUT2D eigenvalue weighted by Gasteiger charge is -2.26. The monoisotopic (exact) mass is 457 g/mol. The average molecular weight is 458 g/mol. The molecule has 0 radical (unpaired) electrons. The highest BCUT2D eigenvalue weighted by Crippen LogP contribution is 2.41. The Morgan fingerprint density at radius 1 is 0.971 bits per heavy atom. The minimum absolute atomic E-state index is 0.0544. The molecule has 1 aliphatic rings. The predicted molar refractivity (Wildman–Crippen MR) is 130 cm³/mol. The van der Waals surface area contributed by atoms with Crippen molar-refractivity contribution in [2.75, 3.05) is 13.7 Å². The van der Waals surface area contributed by atoms with Gasteiger partial charge in [0.05, 0.1) is 31.9 Å². The largest absolute Gasteiger partial charge is 0.507 e. The number of Topliss-reactive ketones (excluding diaryl/α,β-unsaturated/α-hetero) is 1. The number of hydrogen-bond acceptors (Lipinski definition) is 5. The SMILES string of the molecule is CCCOc1cccc(/C(O)=C2/C(=O)C(=O)N(Cc3ccccc3OC)C2c2ccccc2)c1. The molecule has 4 rings (SSSR count). The van der Waals surface area contributed by atoms with E-state index in [-0.39, 0.29) is 17.9 Å². The van der Waals surface area contributed by atoms with Crippen molar-refractivity contribution in [1.82, 2.24) is 4.90 Å². The molecule has 3 aromatic rings. The van der Waals surface area contributed by atoms with Gasteiger partial charge in [-0.3, -0.25) is 9.59 Å². The highest BCUT2D eigenvalue weighted by atomic mass is 16.5. The Balaban J connectivity index is 1.81. The molecule has 1 saturated heterocycles. The Bertz CT molecular complexity index is 1220. The van der Waals surface area contributed by atoms with Crippen LogP contribution >= 0.6 is 0 Å². The van der Waals surface area contributed by atoms with Crippen LogP contribution in [0.2, 0.25) is 0 Å². The molecule has 0 spiro atoms. The van der Waals surface area contributed by atoms with Crippen LogP contribution in [0.25, 0.3) is 5.76 Å². The summed E-state index contributed by atoms with van der Waals surface area (Å²) in [6, 6.07) is 22.8. The van der Waals surface area contributed by atoms with Crippen LogP contribution in [0.1, 0.15) is 36.1 Å². The van der Waals surface area contributed by atoms with Crippen molar-refractivity contribution < 1.29 is 24.2 Å². The van der Waals surface area contributed by atoms with E-state index in [0.717, 1.165) is 17.5 Å². The fourth-order valence-electron chi connectivity index (χ4n) is 4.15. The molecule has 174 valence electrons. The number of aliphatic hydroxyl groups excluding tert-OH is 1. The summed E-state index contributed by atoms with van der Waals surface area (Å²) in [4.78, 5) is 27.9. The number of ether oxygens (including phenoxy) is 2. The molecule has 0 aromatic heterocycles. The molecule has 6 heteroatoms. The van der Waals surface area contributed by atoms with Crippen LogP contribution in [0.3, 0.4) is 0 Å². The molecule has 1 atom stereocenters. The zero-order chi connectivity index (χ0) is 24.1. The van der Waals surface area contributed by atoms with Gasteiger partial charge in [-0.15, -0.1) is 0 Å². The second-order valence-corrected chi connectivity index (χ2v) is 8.03. The van der Waals surface area contributed by atoms with Gasteiger partial charge in [0.15, 0.2) is 0 Å². The van der Waals surface area contributed by atoms with E-state index in [9.17, 15) is 14.7 Å². The zero-order valence-electron chi connectivity index (χ0n) is 19.2. The molecule has 3 aromatic carbocycles. The van der Waals surface area contributed by atoms with E-state index in [1.165, 1.54) is 4.90 Å².